The van der Waals surface area contributed by atoms with E-state index in [2.05, 4.69) is 5.92 Å². The number of carboxylic acid groups (broad SMARTS) is 1. The summed E-state index contributed by atoms with van der Waals surface area (Å²) in [7, 11) is 0. The van der Waals surface area contributed by atoms with E-state index in [1.165, 1.54) is 4.90 Å². The second kappa shape index (κ2) is 5.15. The van der Waals surface area contributed by atoms with Gasteiger partial charge in [0.25, 0.3) is 0 Å². The van der Waals surface area contributed by atoms with Crippen LogP contribution >= 0.6 is 0 Å². The third-order valence-corrected chi connectivity index (χ3v) is 3.33. The molecule has 1 heterocycles. The molecule has 1 saturated heterocycles. The van der Waals surface area contributed by atoms with Gasteiger partial charge in [0.2, 0.25) is 5.91 Å². The number of terminal acetylenes is 1. The molecule has 1 fully saturated rings. The second-order valence-electron chi connectivity index (χ2n) is 4.77. The summed E-state index contributed by atoms with van der Waals surface area (Å²) in [6, 6.07) is 6.20. The normalized spacial score (nSPS) is 20.1. The largest absolute Gasteiger partial charge is 0.479 e. The number of aryl methyl sites for hydroxylation is 1. The molecule has 4 heteroatoms. The first-order valence-corrected chi connectivity index (χ1v) is 6.08. The Labute approximate surface area is 112 Å². The summed E-state index contributed by atoms with van der Waals surface area (Å²) in [4.78, 5) is 24.7. The molecule has 1 amide bonds. The van der Waals surface area contributed by atoms with Gasteiger partial charge in [0.15, 0.2) is 6.04 Å². The second-order valence-corrected chi connectivity index (χ2v) is 4.77. The molecular formula is C15H15NO3. The van der Waals surface area contributed by atoms with Gasteiger partial charge in [0.05, 0.1) is 0 Å². The summed E-state index contributed by atoms with van der Waals surface area (Å²) in [5.74, 6) is 1.10. The zero-order chi connectivity index (χ0) is 14.0. The lowest BCUT2D eigenvalue weighted by molar-refractivity contribution is -0.148. The van der Waals surface area contributed by atoms with Crippen LogP contribution < -0.4 is 0 Å². The van der Waals surface area contributed by atoms with Crippen LogP contribution in [0.2, 0.25) is 0 Å². The summed E-state index contributed by atoms with van der Waals surface area (Å²) in [5, 5.41) is 9.39. The number of benzene rings is 1. The van der Waals surface area contributed by atoms with Gasteiger partial charge in [-0.2, -0.15) is 0 Å². The molecule has 1 aliphatic rings. The van der Waals surface area contributed by atoms with E-state index in [1.807, 2.05) is 19.1 Å². The van der Waals surface area contributed by atoms with Crippen molar-refractivity contribution in [3.05, 3.63) is 35.4 Å². The molecular weight excluding hydrogens is 242 g/mol. The quantitative estimate of drug-likeness (QED) is 0.837. The first-order valence-electron chi connectivity index (χ1n) is 6.08. The molecule has 1 aromatic carbocycles. The van der Waals surface area contributed by atoms with Gasteiger partial charge in [-0.1, -0.05) is 29.8 Å². The Morgan fingerprint density at radius 3 is 2.58 bits per heavy atom. The molecule has 1 N–H and O–H groups in total. The van der Waals surface area contributed by atoms with Gasteiger partial charge in [-0.25, -0.2) is 4.79 Å². The number of hydrogen-bond donors (Lipinski definition) is 1. The minimum absolute atomic E-state index is 0.195. The fourth-order valence-corrected chi connectivity index (χ4v) is 2.30. The average molecular weight is 257 g/mol. The van der Waals surface area contributed by atoms with Gasteiger partial charge in [-0.15, -0.1) is 12.3 Å². The van der Waals surface area contributed by atoms with Gasteiger partial charge in [-0.3, -0.25) is 4.79 Å². The lowest BCUT2D eigenvalue weighted by atomic mass is 10.0. The highest BCUT2D eigenvalue weighted by Crippen LogP contribution is 2.29. The molecule has 0 radical (unpaired) electrons. The summed E-state index contributed by atoms with van der Waals surface area (Å²) in [5.41, 5.74) is 1.64. The van der Waals surface area contributed by atoms with E-state index in [1.54, 1.807) is 12.1 Å². The number of aliphatic carboxylic acids is 1. The highest BCUT2D eigenvalue weighted by atomic mass is 16.4. The third kappa shape index (κ3) is 2.60. The van der Waals surface area contributed by atoms with Crippen LogP contribution in [-0.2, 0) is 9.59 Å². The molecule has 98 valence electrons. The van der Waals surface area contributed by atoms with Gasteiger partial charge in [-0.05, 0) is 12.5 Å². The monoisotopic (exact) mass is 257 g/mol. The van der Waals surface area contributed by atoms with Crippen molar-refractivity contribution in [2.24, 2.45) is 5.92 Å². The lowest BCUT2D eigenvalue weighted by Crippen LogP contribution is -2.35. The molecule has 2 unspecified atom stereocenters. The predicted molar refractivity (Wildman–Crippen MR) is 70.2 cm³/mol. The standard InChI is InChI=1S/C15H15NO3/c1-3-11-8-13(17)16(9-11)14(15(18)19)12-6-4-10(2)5-7-12/h1,4-7,11,14H,8-9H2,2H3,(H,18,19). The van der Waals surface area contributed by atoms with Crippen molar-refractivity contribution < 1.29 is 14.7 Å². The van der Waals surface area contributed by atoms with Gasteiger partial charge in [0.1, 0.15) is 0 Å². The van der Waals surface area contributed by atoms with E-state index in [9.17, 15) is 14.7 Å². The van der Waals surface area contributed by atoms with Crippen LogP contribution in [0.5, 0.6) is 0 Å². The number of carbonyl (C=O) groups is 2. The Morgan fingerprint density at radius 2 is 2.11 bits per heavy atom. The smallest absolute Gasteiger partial charge is 0.331 e. The maximum absolute atomic E-state index is 11.9. The highest BCUT2D eigenvalue weighted by Gasteiger charge is 2.37. The zero-order valence-corrected chi connectivity index (χ0v) is 10.7. The van der Waals surface area contributed by atoms with E-state index >= 15 is 0 Å². The topological polar surface area (TPSA) is 57.6 Å². The average Bonchev–Trinajstić information content (AvgIpc) is 2.73. The number of carbonyl (C=O) groups excluding carboxylic acids is 1. The molecule has 0 saturated carbocycles. The Morgan fingerprint density at radius 1 is 1.47 bits per heavy atom. The Bertz CT molecular complexity index is 542. The van der Waals surface area contributed by atoms with Crippen LogP contribution in [0.4, 0.5) is 0 Å². The van der Waals surface area contributed by atoms with Crippen LogP contribution in [0.15, 0.2) is 24.3 Å². The first kappa shape index (κ1) is 13.2. The molecule has 0 aliphatic carbocycles. The molecule has 2 atom stereocenters. The van der Waals surface area contributed by atoms with Crippen LogP contribution in [-0.4, -0.2) is 28.4 Å². The van der Waals surface area contributed by atoms with E-state index < -0.39 is 12.0 Å². The molecule has 0 spiro atoms. The fraction of sp³-hybridized carbons (Fsp3) is 0.333. The van der Waals surface area contributed by atoms with E-state index in [-0.39, 0.29) is 18.2 Å². The SMILES string of the molecule is C#CC1CC(=O)N(C(C(=O)O)c2ccc(C)cc2)C1. The summed E-state index contributed by atoms with van der Waals surface area (Å²) in [6.07, 6.45) is 5.55. The minimum atomic E-state index is -1.03. The van der Waals surface area contributed by atoms with Crippen molar-refractivity contribution >= 4 is 11.9 Å². The maximum atomic E-state index is 11.9. The number of nitrogens with zero attached hydrogens (tertiary/aromatic N) is 1. The lowest BCUT2D eigenvalue weighted by Gasteiger charge is -2.24. The van der Waals surface area contributed by atoms with E-state index in [4.69, 9.17) is 6.42 Å². The number of rotatable bonds is 3. The van der Waals surface area contributed by atoms with Gasteiger partial charge < -0.3 is 10.0 Å². The number of carboxylic acids is 1. The van der Waals surface area contributed by atoms with Crippen LogP contribution in [0, 0.1) is 25.2 Å². The van der Waals surface area contributed by atoms with Gasteiger partial charge >= 0.3 is 5.97 Å². The van der Waals surface area contributed by atoms with Crippen molar-refractivity contribution in [2.45, 2.75) is 19.4 Å². The Balaban J connectivity index is 2.32. The molecule has 1 aliphatic heterocycles. The Kier molecular flexibility index (Phi) is 3.57. The molecule has 4 nitrogen and oxygen atoms in total. The van der Waals surface area contributed by atoms with E-state index in [0.717, 1.165) is 5.56 Å². The molecule has 1 aromatic rings. The van der Waals surface area contributed by atoms with Crippen LogP contribution in [0.3, 0.4) is 0 Å². The highest BCUT2D eigenvalue weighted by molar-refractivity contribution is 5.86. The van der Waals surface area contributed by atoms with Crippen molar-refractivity contribution in [2.75, 3.05) is 6.54 Å². The van der Waals surface area contributed by atoms with Crippen molar-refractivity contribution in [1.29, 1.82) is 0 Å². The summed E-state index contributed by atoms with van der Waals surface area (Å²) < 4.78 is 0. The third-order valence-electron chi connectivity index (χ3n) is 3.33. The van der Waals surface area contributed by atoms with E-state index in [0.29, 0.717) is 12.1 Å². The molecule has 0 bridgehead atoms. The van der Waals surface area contributed by atoms with Crippen LogP contribution in [0.1, 0.15) is 23.6 Å². The summed E-state index contributed by atoms with van der Waals surface area (Å²) in [6.45, 7) is 2.23. The fourth-order valence-electron chi connectivity index (χ4n) is 2.30. The van der Waals surface area contributed by atoms with Crippen molar-refractivity contribution in [3.63, 3.8) is 0 Å². The van der Waals surface area contributed by atoms with Crippen molar-refractivity contribution in [1.82, 2.24) is 4.90 Å². The zero-order valence-electron chi connectivity index (χ0n) is 10.7. The minimum Gasteiger partial charge on any atom is -0.479 e. The number of likely N-dealkylation sites (tertiary alicyclic amines) is 1. The van der Waals surface area contributed by atoms with Gasteiger partial charge in [0, 0.05) is 18.9 Å². The number of hydrogen-bond acceptors (Lipinski definition) is 2. The first-order chi connectivity index (χ1) is 9.02. The number of amides is 1. The summed E-state index contributed by atoms with van der Waals surface area (Å²) >= 11 is 0. The predicted octanol–water partition coefficient (Wildman–Crippen LogP) is 1.60. The molecule has 0 aromatic heterocycles. The molecule has 19 heavy (non-hydrogen) atoms. The van der Waals surface area contributed by atoms with Crippen molar-refractivity contribution in [3.8, 4) is 12.3 Å². The van der Waals surface area contributed by atoms with Crippen LogP contribution in [0.25, 0.3) is 0 Å². The Hall–Kier alpha value is -2.28. The maximum Gasteiger partial charge on any atom is 0.331 e. The molecule has 2 rings (SSSR count).